The van der Waals surface area contributed by atoms with Crippen LogP contribution >= 0.6 is 0 Å². The number of furan rings is 1. The fourth-order valence-corrected chi connectivity index (χ4v) is 19.5. The number of para-hydroxylation sites is 2. The van der Waals surface area contributed by atoms with E-state index < -0.39 is 10.8 Å². The van der Waals surface area contributed by atoms with Crippen LogP contribution in [0.25, 0.3) is 178 Å². The second kappa shape index (κ2) is 25.4. The fraction of sp³-hybridized carbons (Fsp3) is 0.0185. The van der Waals surface area contributed by atoms with Crippen LogP contribution in [0, 0.1) is 0 Å². The summed E-state index contributed by atoms with van der Waals surface area (Å²) in [4.78, 5) is 21.2. The monoisotopic (exact) mass is 1430 g/mol. The Hall–Kier alpha value is -14.8. The Morgan fingerprint density at radius 3 is 1.11 bits per heavy atom. The Bertz CT molecular complexity index is 7250. The van der Waals surface area contributed by atoms with Gasteiger partial charge in [-0.25, -0.2) is 19.9 Å². The van der Waals surface area contributed by atoms with Crippen molar-refractivity contribution in [3.8, 4) is 135 Å². The highest BCUT2D eigenvalue weighted by Gasteiger charge is 2.54. The molecule has 24 rings (SSSR count). The van der Waals surface area contributed by atoms with Gasteiger partial charge < -0.3 is 4.42 Å². The van der Waals surface area contributed by atoms with Crippen molar-refractivity contribution in [3.05, 3.63) is 445 Å². The predicted molar refractivity (Wildman–Crippen MR) is 462 cm³/mol. The third-order valence-corrected chi connectivity index (χ3v) is 24.2. The van der Waals surface area contributed by atoms with Crippen molar-refractivity contribution in [1.82, 2.24) is 19.9 Å². The molecule has 4 aliphatic rings. The van der Waals surface area contributed by atoms with Gasteiger partial charge in [0.1, 0.15) is 11.2 Å². The summed E-state index contributed by atoms with van der Waals surface area (Å²) in [5.41, 5.74) is 36.2. The van der Waals surface area contributed by atoms with Crippen molar-refractivity contribution in [2.45, 2.75) is 10.8 Å². The highest BCUT2D eigenvalue weighted by Crippen LogP contribution is 2.66. The minimum atomic E-state index is -0.396. The second-order valence-corrected chi connectivity index (χ2v) is 30.1. The van der Waals surface area contributed by atoms with Crippen LogP contribution in [0.15, 0.2) is 405 Å². The molecule has 5 heteroatoms. The molecule has 0 atom stereocenters. The van der Waals surface area contributed by atoms with Gasteiger partial charge >= 0.3 is 0 Å². The van der Waals surface area contributed by atoms with E-state index in [0.717, 1.165) is 89.2 Å². The van der Waals surface area contributed by atoms with Crippen LogP contribution in [0.4, 0.5) is 0 Å². The van der Waals surface area contributed by atoms with E-state index in [-0.39, 0.29) is 0 Å². The molecule has 0 fully saturated rings. The average Bonchev–Trinajstić information content (AvgIpc) is 1.51. The van der Waals surface area contributed by atoms with Gasteiger partial charge in [-0.15, -0.1) is 0 Å². The molecule has 0 unspecified atom stereocenters. The van der Waals surface area contributed by atoms with E-state index in [0.29, 0.717) is 11.6 Å². The van der Waals surface area contributed by atoms with E-state index in [1.165, 1.54) is 122 Å². The smallest absolute Gasteiger partial charge is 0.160 e. The molecular weight excluding hydrogens is 1370 g/mol. The molecule has 0 N–H and O–H groups in total. The first-order valence-corrected chi connectivity index (χ1v) is 38.8. The lowest BCUT2D eigenvalue weighted by Gasteiger charge is -2.30. The standard InChI is InChI=1S/C55H34N2.C53H32N2O/c1-2-16-37-32-39(31-30-35(37)14-1)51-34-52(45-25-12-17-36-15-3-4-20-41(36)45)57-54(56-51)40-19-11-18-38(33-40)42-24-13-29-50-53(42)46-23-7-10-28-49(46)55(50)47-26-8-5-21-43(47)44-22-6-9-27-48(44)55;1-2-15-33(16-3-1)47-32-48(42-25-13-24-40-39-21-7-11-30-49(39)56-51(40)42)55-52(54-47)35-18-12-17-34(31-35)36-23-14-29-46-50(36)41-22-6-10-28-45(41)53(46)43-26-8-4-19-37(43)38-20-5-9-27-44(38)53/h1-34H;1-32H. The molecule has 0 aliphatic heterocycles. The van der Waals surface area contributed by atoms with E-state index in [1.54, 1.807) is 0 Å². The number of benzene rings is 17. The molecule has 0 saturated heterocycles. The number of aromatic nitrogens is 4. The first-order valence-electron chi connectivity index (χ1n) is 38.8. The quantitative estimate of drug-likeness (QED) is 0.152. The van der Waals surface area contributed by atoms with Crippen molar-refractivity contribution >= 4 is 43.5 Å². The van der Waals surface area contributed by atoms with Crippen molar-refractivity contribution in [3.63, 3.8) is 0 Å². The highest BCUT2D eigenvalue weighted by molar-refractivity contribution is 6.10. The van der Waals surface area contributed by atoms with Gasteiger partial charge in [-0.1, -0.05) is 358 Å². The number of fused-ring (bicyclic) bond motifs is 25. The lowest BCUT2D eigenvalue weighted by molar-refractivity contribution is 0.670. The van der Waals surface area contributed by atoms with Gasteiger partial charge in [0.05, 0.1) is 33.6 Å². The van der Waals surface area contributed by atoms with E-state index >= 15 is 0 Å². The Labute approximate surface area is 653 Å². The van der Waals surface area contributed by atoms with Crippen molar-refractivity contribution in [2.75, 3.05) is 0 Å². The number of hydrogen-bond acceptors (Lipinski definition) is 5. The van der Waals surface area contributed by atoms with Crippen LogP contribution < -0.4 is 0 Å². The molecule has 17 aromatic carbocycles. The summed E-state index contributed by atoms with van der Waals surface area (Å²) < 4.78 is 6.50. The maximum Gasteiger partial charge on any atom is 0.160 e. The molecule has 4 aliphatic carbocycles. The van der Waals surface area contributed by atoms with Gasteiger partial charge in [0.2, 0.25) is 0 Å². The van der Waals surface area contributed by atoms with E-state index in [9.17, 15) is 0 Å². The summed E-state index contributed by atoms with van der Waals surface area (Å²) >= 11 is 0. The van der Waals surface area contributed by atoms with Gasteiger partial charge in [0, 0.05) is 44.2 Å². The topological polar surface area (TPSA) is 64.7 Å². The summed E-state index contributed by atoms with van der Waals surface area (Å²) in [6.07, 6.45) is 0. The van der Waals surface area contributed by atoms with E-state index in [1.807, 2.05) is 18.2 Å². The third kappa shape index (κ3) is 9.72. The maximum atomic E-state index is 6.50. The molecule has 524 valence electrons. The first-order chi connectivity index (χ1) is 56.0. The molecule has 113 heavy (non-hydrogen) atoms. The Morgan fingerprint density at radius 1 is 0.186 bits per heavy atom. The summed E-state index contributed by atoms with van der Waals surface area (Å²) in [5, 5.41) is 6.93. The average molecular weight is 1440 g/mol. The molecule has 0 radical (unpaired) electrons. The van der Waals surface area contributed by atoms with Crippen LogP contribution in [0.2, 0.25) is 0 Å². The summed E-state index contributed by atoms with van der Waals surface area (Å²) in [6.45, 7) is 0. The Kier molecular flexibility index (Phi) is 14.4. The molecule has 20 aromatic rings. The maximum absolute atomic E-state index is 6.50. The normalized spacial score (nSPS) is 13.1. The fourth-order valence-electron chi connectivity index (χ4n) is 19.5. The minimum absolute atomic E-state index is 0.391. The Balaban J connectivity index is 0.000000134. The molecular formula is C108H66N4O. The minimum Gasteiger partial charge on any atom is -0.455 e. The summed E-state index contributed by atoms with van der Waals surface area (Å²) in [6, 6.07) is 144. The molecule has 2 spiro atoms. The van der Waals surface area contributed by atoms with Crippen molar-refractivity contribution in [1.29, 1.82) is 0 Å². The zero-order valence-corrected chi connectivity index (χ0v) is 61.3. The Morgan fingerprint density at radius 2 is 0.540 bits per heavy atom. The molecule has 3 aromatic heterocycles. The molecule has 5 nitrogen and oxygen atoms in total. The zero-order valence-electron chi connectivity index (χ0n) is 61.3. The van der Waals surface area contributed by atoms with Crippen molar-refractivity contribution < 1.29 is 4.42 Å². The van der Waals surface area contributed by atoms with E-state index in [4.69, 9.17) is 24.4 Å². The highest BCUT2D eigenvalue weighted by atomic mass is 16.3. The van der Waals surface area contributed by atoms with Crippen molar-refractivity contribution in [2.24, 2.45) is 0 Å². The van der Waals surface area contributed by atoms with E-state index in [2.05, 4.69) is 382 Å². The first kappa shape index (κ1) is 64.2. The van der Waals surface area contributed by atoms with Gasteiger partial charge in [0.15, 0.2) is 11.6 Å². The summed E-state index contributed by atoms with van der Waals surface area (Å²) in [7, 11) is 0. The van der Waals surface area contributed by atoms with Gasteiger partial charge in [-0.05, 0) is 175 Å². The zero-order chi connectivity index (χ0) is 74.3. The number of hydrogen-bond donors (Lipinski definition) is 0. The second-order valence-electron chi connectivity index (χ2n) is 30.1. The lowest BCUT2D eigenvalue weighted by atomic mass is 9.70. The SMILES string of the molecule is c1cc(-c2nc(-c3ccc4ccccc4c3)cc(-c3cccc4ccccc34)n2)cc(-c2cccc3c2-c2ccccc2C32c3ccccc3-c3ccccc32)c1.c1ccc(-c2cc(-c3cccc4c3oc3ccccc34)nc(-c3cccc(-c4cccc5c4-c4ccccc4C54c5ccccc5-c5ccccc54)c3)n2)cc1. The van der Waals surface area contributed by atoms with Crippen LogP contribution in [0.3, 0.4) is 0 Å². The third-order valence-electron chi connectivity index (χ3n) is 24.2. The molecule has 0 saturated carbocycles. The molecule has 3 heterocycles. The van der Waals surface area contributed by atoms with Crippen LogP contribution in [-0.4, -0.2) is 19.9 Å². The molecule has 0 amide bonds. The van der Waals surface area contributed by atoms with Gasteiger partial charge in [0.25, 0.3) is 0 Å². The van der Waals surface area contributed by atoms with Crippen LogP contribution in [0.1, 0.15) is 44.5 Å². The van der Waals surface area contributed by atoms with Crippen LogP contribution in [-0.2, 0) is 10.8 Å². The number of nitrogens with zero attached hydrogens (tertiary/aromatic N) is 4. The largest absolute Gasteiger partial charge is 0.455 e. The molecule has 0 bridgehead atoms. The van der Waals surface area contributed by atoms with Crippen LogP contribution in [0.5, 0.6) is 0 Å². The summed E-state index contributed by atoms with van der Waals surface area (Å²) in [5.74, 6) is 1.37. The number of rotatable bonds is 8. The predicted octanol–water partition coefficient (Wildman–Crippen LogP) is 27.2. The van der Waals surface area contributed by atoms with Gasteiger partial charge in [-0.3, -0.25) is 0 Å². The van der Waals surface area contributed by atoms with Gasteiger partial charge in [-0.2, -0.15) is 0 Å². The lowest BCUT2D eigenvalue weighted by Crippen LogP contribution is -2.25.